The SMILES string of the molecule is Cc1ccc2cc(C3CC3CN)ccc2n1. The van der Waals surface area contributed by atoms with Crippen LogP contribution in [0.4, 0.5) is 0 Å². The first-order valence-electron chi connectivity index (χ1n) is 5.85. The maximum Gasteiger partial charge on any atom is 0.0705 e. The van der Waals surface area contributed by atoms with Gasteiger partial charge in [-0.25, -0.2) is 0 Å². The van der Waals surface area contributed by atoms with Gasteiger partial charge >= 0.3 is 0 Å². The predicted molar refractivity (Wildman–Crippen MR) is 66.4 cm³/mol. The first kappa shape index (κ1) is 9.79. The Kier molecular flexibility index (Phi) is 2.18. The van der Waals surface area contributed by atoms with E-state index in [1.807, 2.05) is 6.92 Å². The van der Waals surface area contributed by atoms with Crippen LogP contribution >= 0.6 is 0 Å². The van der Waals surface area contributed by atoms with Crippen LogP contribution in [0.25, 0.3) is 10.9 Å². The fourth-order valence-corrected chi connectivity index (χ4v) is 2.39. The number of aryl methyl sites for hydroxylation is 1. The second-order valence-electron chi connectivity index (χ2n) is 4.74. The summed E-state index contributed by atoms with van der Waals surface area (Å²) in [4.78, 5) is 4.51. The van der Waals surface area contributed by atoms with Crippen molar-refractivity contribution in [3.05, 3.63) is 41.6 Å². The molecular formula is C14H16N2. The van der Waals surface area contributed by atoms with Crippen molar-refractivity contribution < 1.29 is 0 Å². The molecule has 0 bridgehead atoms. The largest absolute Gasteiger partial charge is 0.330 e. The van der Waals surface area contributed by atoms with Crippen molar-refractivity contribution in [2.24, 2.45) is 11.7 Å². The van der Waals surface area contributed by atoms with E-state index in [0.717, 1.165) is 17.8 Å². The fraction of sp³-hybridized carbons (Fsp3) is 0.357. The number of benzene rings is 1. The number of nitrogens with zero attached hydrogens (tertiary/aromatic N) is 1. The molecule has 2 nitrogen and oxygen atoms in total. The molecule has 82 valence electrons. The van der Waals surface area contributed by atoms with Gasteiger partial charge in [-0.1, -0.05) is 12.1 Å². The van der Waals surface area contributed by atoms with Gasteiger partial charge in [0.15, 0.2) is 0 Å². The highest BCUT2D eigenvalue weighted by molar-refractivity contribution is 5.79. The van der Waals surface area contributed by atoms with Gasteiger partial charge < -0.3 is 5.73 Å². The molecule has 3 rings (SSSR count). The lowest BCUT2D eigenvalue weighted by Gasteiger charge is -2.03. The van der Waals surface area contributed by atoms with Gasteiger partial charge in [-0.15, -0.1) is 0 Å². The number of hydrogen-bond acceptors (Lipinski definition) is 2. The lowest BCUT2D eigenvalue weighted by molar-refractivity contribution is 0.810. The minimum absolute atomic E-state index is 0.690. The number of hydrogen-bond donors (Lipinski definition) is 1. The van der Waals surface area contributed by atoms with Crippen molar-refractivity contribution in [3.8, 4) is 0 Å². The highest BCUT2D eigenvalue weighted by atomic mass is 14.7. The summed E-state index contributed by atoms with van der Waals surface area (Å²) in [6.45, 7) is 2.84. The van der Waals surface area contributed by atoms with Gasteiger partial charge in [0.05, 0.1) is 5.52 Å². The molecule has 0 aliphatic heterocycles. The summed E-state index contributed by atoms with van der Waals surface area (Å²) in [6.07, 6.45) is 1.25. The third-order valence-electron chi connectivity index (χ3n) is 3.51. The van der Waals surface area contributed by atoms with Crippen molar-refractivity contribution in [2.45, 2.75) is 19.3 Å². The van der Waals surface area contributed by atoms with E-state index in [0.29, 0.717) is 11.8 Å². The first-order chi connectivity index (χ1) is 7.78. The van der Waals surface area contributed by atoms with Gasteiger partial charge in [0.1, 0.15) is 0 Å². The van der Waals surface area contributed by atoms with Crippen molar-refractivity contribution in [2.75, 3.05) is 6.54 Å². The number of pyridine rings is 1. The summed E-state index contributed by atoms with van der Waals surface area (Å²) in [5, 5.41) is 1.24. The molecule has 1 aromatic heterocycles. The molecule has 0 spiro atoms. The summed E-state index contributed by atoms with van der Waals surface area (Å²) >= 11 is 0. The molecule has 1 fully saturated rings. The Morgan fingerprint density at radius 1 is 1.31 bits per heavy atom. The lowest BCUT2D eigenvalue weighted by Crippen LogP contribution is -2.01. The van der Waals surface area contributed by atoms with Gasteiger partial charge in [0.25, 0.3) is 0 Å². The smallest absolute Gasteiger partial charge is 0.0705 e. The van der Waals surface area contributed by atoms with E-state index in [4.69, 9.17) is 5.73 Å². The van der Waals surface area contributed by atoms with Crippen LogP contribution < -0.4 is 5.73 Å². The zero-order chi connectivity index (χ0) is 11.1. The monoisotopic (exact) mass is 212 g/mol. The van der Waals surface area contributed by atoms with Crippen molar-refractivity contribution in [1.82, 2.24) is 4.98 Å². The van der Waals surface area contributed by atoms with Crippen molar-refractivity contribution >= 4 is 10.9 Å². The number of nitrogens with two attached hydrogens (primary N) is 1. The second-order valence-corrected chi connectivity index (χ2v) is 4.74. The van der Waals surface area contributed by atoms with E-state index in [9.17, 15) is 0 Å². The quantitative estimate of drug-likeness (QED) is 0.831. The molecule has 16 heavy (non-hydrogen) atoms. The minimum Gasteiger partial charge on any atom is -0.330 e. The molecule has 1 saturated carbocycles. The van der Waals surface area contributed by atoms with Crippen LogP contribution in [-0.2, 0) is 0 Å². The number of fused-ring (bicyclic) bond motifs is 1. The van der Waals surface area contributed by atoms with E-state index in [2.05, 4.69) is 35.3 Å². The van der Waals surface area contributed by atoms with E-state index >= 15 is 0 Å². The molecule has 2 unspecified atom stereocenters. The molecule has 0 radical (unpaired) electrons. The maximum absolute atomic E-state index is 5.68. The zero-order valence-electron chi connectivity index (χ0n) is 9.48. The Bertz CT molecular complexity index is 533. The van der Waals surface area contributed by atoms with E-state index in [1.54, 1.807) is 0 Å². The molecule has 0 amide bonds. The zero-order valence-corrected chi connectivity index (χ0v) is 9.48. The van der Waals surface area contributed by atoms with Gasteiger partial charge in [-0.05, 0) is 55.5 Å². The Labute approximate surface area is 95.5 Å². The van der Waals surface area contributed by atoms with Crippen LogP contribution in [0.1, 0.15) is 23.6 Å². The Morgan fingerprint density at radius 2 is 2.19 bits per heavy atom. The van der Waals surface area contributed by atoms with Gasteiger partial charge in [-0.3, -0.25) is 4.98 Å². The Balaban J connectivity index is 2.00. The topological polar surface area (TPSA) is 38.9 Å². The lowest BCUT2D eigenvalue weighted by atomic mass is 10.1. The predicted octanol–water partition coefficient (Wildman–Crippen LogP) is 2.61. The van der Waals surface area contributed by atoms with Gasteiger partial charge in [-0.2, -0.15) is 0 Å². The third-order valence-corrected chi connectivity index (χ3v) is 3.51. The molecule has 2 aromatic rings. The molecule has 0 saturated heterocycles. The number of aromatic nitrogens is 1. The molecule has 2 N–H and O–H groups in total. The second kappa shape index (κ2) is 3.56. The summed E-state index contributed by atoms with van der Waals surface area (Å²) in [5.41, 5.74) is 9.27. The van der Waals surface area contributed by atoms with Crippen molar-refractivity contribution in [1.29, 1.82) is 0 Å². The standard InChI is InChI=1S/C14H16N2/c1-9-2-3-11-6-10(4-5-14(11)16-9)13-7-12(13)8-15/h2-6,12-13H,7-8,15H2,1H3. The normalized spacial score (nSPS) is 23.6. The van der Waals surface area contributed by atoms with Crippen LogP contribution in [0.5, 0.6) is 0 Å². The average Bonchev–Trinajstić information content (AvgIpc) is 3.07. The number of rotatable bonds is 2. The minimum atomic E-state index is 0.690. The van der Waals surface area contributed by atoms with E-state index in [1.165, 1.54) is 17.4 Å². The first-order valence-corrected chi connectivity index (χ1v) is 5.85. The van der Waals surface area contributed by atoms with Gasteiger partial charge in [0.2, 0.25) is 0 Å². The fourth-order valence-electron chi connectivity index (χ4n) is 2.39. The molecule has 1 heterocycles. The Hall–Kier alpha value is -1.41. The van der Waals surface area contributed by atoms with Crippen LogP contribution in [0.3, 0.4) is 0 Å². The highest BCUT2D eigenvalue weighted by Crippen LogP contribution is 2.46. The van der Waals surface area contributed by atoms with Crippen LogP contribution in [0, 0.1) is 12.8 Å². The molecular weight excluding hydrogens is 196 g/mol. The molecule has 1 aliphatic carbocycles. The molecule has 1 aromatic carbocycles. The van der Waals surface area contributed by atoms with Crippen LogP contribution in [0.2, 0.25) is 0 Å². The molecule has 2 heteroatoms. The summed E-state index contributed by atoms with van der Waals surface area (Å²) in [6, 6.07) is 10.8. The van der Waals surface area contributed by atoms with Crippen molar-refractivity contribution in [3.63, 3.8) is 0 Å². The van der Waals surface area contributed by atoms with Gasteiger partial charge in [0, 0.05) is 11.1 Å². The average molecular weight is 212 g/mol. The summed E-state index contributed by atoms with van der Waals surface area (Å²) < 4.78 is 0. The van der Waals surface area contributed by atoms with E-state index < -0.39 is 0 Å². The van der Waals surface area contributed by atoms with Crippen LogP contribution in [0.15, 0.2) is 30.3 Å². The Morgan fingerprint density at radius 3 is 2.94 bits per heavy atom. The maximum atomic E-state index is 5.68. The molecule has 1 aliphatic rings. The summed E-state index contributed by atoms with van der Waals surface area (Å²) in [7, 11) is 0. The van der Waals surface area contributed by atoms with Crippen LogP contribution in [-0.4, -0.2) is 11.5 Å². The summed E-state index contributed by atoms with van der Waals surface area (Å²) in [5.74, 6) is 1.39. The molecule has 2 atom stereocenters. The van der Waals surface area contributed by atoms with E-state index in [-0.39, 0.29) is 0 Å². The highest BCUT2D eigenvalue weighted by Gasteiger charge is 2.36. The third kappa shape index (κ3) is 1.59.